The molecule has 0 amide bonds. The third-order valence-corrected chi connectivity index (χ3v) is 8.52. The van der Waals surface area contributed by atoms with Crippen molar-refractivity contribution in [1.82, 2.24) is 19.5 Å². The van der Waals surface area contributed by atoms with Crippen molar-refractivity contribution in [2.75, 3.05) is 18.2 Å². The van der Waals surface area contributed by atoms with E-state index in [9.17, 15) is 23.4 Å². The molecule has 0 radical (unpaired) electrons. The molecule has 0 aliphatic carbocycles. The van der Waals surface area contributed by atoms with Crippen LogP contribution in [-0.2, 0) is 32.0 Å². The van der Waals surface area contributed by atoms with Crippen LogP contribution in [0.5, 0.6) is 0 Å². The molecule has 30 heavy (non-hydrogen) atoms. The molecule has 2 aliphatic rings. The number of imidazole rings is 1. The number of nitrogens with one attached hydrogen (secondary N) is 1. The minimum absolute atomic E-state index is 0.0432. The van der Waals surface area contributed by atoms with Crippen molar-refractivity contribution >= 4 is 40.6 Å². The Morgan fingerprint density at radius 2 is 2.00 bits per heavy atom. The zero-order valence-electron chi connectivity index (χ0n) is 14.7. The lowest BCUT2D eigenvalue weighted by atomic mass is 10.1. The average Bonchev–Trinajstić information content (AvgIpc) is 3.24. The second-order valence-corrected chi connectivity index (χ2v) is 11.3. The van der Waals surface area contributed by atoms with Gasteiger partial charge in [0.25, 0.3) is 5.56 Å². The molecular weight excluding hydrogens is 471 g/mol. The Kier molecular flexibility index (Phi) is 5.44. The molecule has 2 fully saturated rings. The number of anilines is 1. The van der Waals surface area contributed by atoms with Crippen LogP contribution >= 0.6 is 23.4 Å². The summed E-state index contributed by atoms with van der Waals surface area (Å²) in [5, 5.41) is 0. The minimum atomic E-state index is -4.82. The van der Waals surface area contributed by atoms with Crippen LogP contribution in [0.3, 0.4) is 0 Å². The highest BCUT2D eigenvalue weighted by atomic mass is 31.2. The van der Waals surface area contributed by atoms with Gasteiger partial charge in [-0.3, -0.25) is 23.5 Å². The Balaban J connectivity index is 1.60. The number of aromatic nitrogens is 4. The van der Waals surface area contributed by atoms with E-state index in [1.165, 1.54) is 10.9 Å². The fraction of sp³-hybridized carbons (Fsp3) is 0.545. The van der Waals surface area contributed by atoms with Crippen LogP contribution in [0.15, 0.2) is 11.1 Å². The normalized spacial score (nSPS) is 29.9. The first-order valence-electron chi connectivity index (χ1n) is 8.13. The van der Waals surface area contributed by atoms with Gasteiger partial charge in [-0.15, -0.1) is 9.05 Å². The predicted molar refractivity (Wildman–Crippen MR) is 96.5 cm³/mol. The fourth-order valence-corrected chi connectivity index (χ4v) is 6.62. The maximum Gasteiger partial charge on any atom is 0.698 e. The van der Waals surface area contributed by atoms with Gasteiger partial charge in [0.05, 0.1) is 12.9 Å². The predicted octanol–water partition coefficient (Wildman–Crippen LogP) is -0.622. The van der Waals surface area contributed by atoms with E-state index in [0.29, 0.717) is 0 Å². The lowest BCUT2D eigenvalue weighted by molar-refractivity contribution is -0.0511. The molecule has 6 atom stereocenters. The molecule has 0 saturated carbocycles. The van der Waals surface area contributed by atoms with Gasteiger partial charge in [0.15, 0.2) is 35.5 Å². The lowest BCUT2D eigenvalue weighted by Gasteiger charge is -2.18. The SMILES string of the molecule is Nc1nc2c(ncn2[C@@H]2O[C@H](COP(=O)(O)CP(=O)(O)O)C3O[P+](=O)OC32)c(=O)[nH]1. The quantitative estimate of drug-likeness (QED) is 0.320. The molecular formula is C11H15N5O11P3+. The monoisotopic (exact) mass is 486 g/mol. The summed E-state index contributed by atoms with van der Waals surface area (Å²) in [5.41, 5.74) is 4.96. The number of nitrogens with zero attached hydrogens (tertiary/aromatic N) is 3. The highest BCUT2D eigenvalue weighted by Crippen LogP contribution is 2.56. The standard InChI is InChI=1S/C11H14N5O11P3/c12-11-14-8-5(9(17)15-11)13-2-16(8)10-7-6(26-28(18)27-7)4(25-10)1-24-30(22,23)3-29(19,20)21/h2,4,6-7,10H,1,3H2,(H5-,12,14,15,17,19,20,21,22,23)/p+1/t4-,6?,7?,10-/m1/s1. The molecule has 164 valence electrons. The van der Waals surface area contributed by atoms with Crippen LogP contribution in [0.2, 0.25) is 0 Å². The van der Waals surface area contributed by atoms with E-state index < -0.39 is 66.1 Å². The third kappa shape index (κ3) is 4.25. The van der Waals surface area contributed by atoms with Crippen molar-refractivity contribution in [1.29, 1.82) is 0 Å². The van der Waals surface area contributed by atoms with Gasteiger partial charge in [-0.2, -0.15) is 4.98 Å². The molecule has 4 rings (SSSR count). The molecule has 4 unspecified atom stereocenters. The average molecular weight is 486 g/mol. The van der Waals surface area contributed by atoms with E-state index in [1.54, 1.807) is 0 Å². The second-order valence-electron chi connectivity index (χ2n) is 6.44. The van der Waals surface area contributed by atoms with Gasteiger partial charge in [-0.05, 0) is 0 Å². The molecule has 4 heterocycles. The summed E-state index contributed by atoms with van der Waals surface area (Å²) in [6, 6.07) is 0. The number of nitrogens with two attached hydrogens (primary N) is 1. The van der Waals surface area contributed by atoms with Crippen LogP contribution < -0.4 is 11.3 Å². The van der Waals surface area contributed by atoms with Gasteiger partial charge in [0.2, 0.25) is 5.95 Å². The maximum atomic E-state index is 12.0. The van der Waals surface area contributed by atoms with Crippen molar-refractivity contribution in [3.63, 3.8) is 0 Å². The first kappa shape index (κ1) is 21.7. The lowest BCUT2D eigenvalue weighted by Crippen LogP contribution is -2.31. The Morgan fingerprint density at radius 1 is 1.30 bits per heavy atom. The minimum Gasteiger partial charge on any atom is -0.369 e. The Bertz CT molecular complexity index is 1160. The van der Waals surface area contributed by atoms with Gasteiger partial charge in [-0.1, -0.05) is 0 Å². The summed E-state index contributed by atoms with van der Waals surface area (Å²) in [6.45, 7) is -0.624. The number of ether oxygens (including phenoxy) is 1. The summed E-state index contributed by atoms with van der Waals surface area (Å²) in [5.74, 6) is -1.56. The van der Waals surface area contributed by atoms with E-state index in [-0.39, 0.29) is 17.1 Å². The van der Waals surface area contributed by atoms with Gasteiger partial charge in [0.1, 0.15) is 6.10 Å². The number of nitrogen functional groups attached to an aromatic ring is 1. The van der Waals surface area contributed by atoms with Crippen LogP contribution in [0.1, 0.15) is 6.23 Å². The number of hydrogen-bond donors (Lipinski definition) is 5. The summed E-state index contributed by atoms with van der Waals surface area (Å²) in [4.78, 5) is 49.6. The molecule has 2 aromatic heterocycles. The number of aromatic amines is 1. The van der Waals surface area contributed by atoms with Crippen LogP contribution in [0, 0.1) is 0 Å². The summed E-state index contributed by atoms with van der Waals surface area (Å²) in [6.07, 6.45) is -2.94. The molecule has 2 aromatic rings. The van der Waals surface area contributed by atoms with Crippen molar-refractivity contribution < 1.29 is 46.7 Å². The molecule has 19 heteroatoms. The molecule has 0 bridgehead atoms. The van der Waals surface area contributed by atoms with E-state index in [0.717, 1.165) is 0 Å². The first-order chi connectivity index (χ1) is 13.9. The first-order valence-corrected chi connectivity index (χ1v) is 12.8. The number of H-pyrrole nitrogens is 1. The van der Waals surface area contributed by atoms with Crippen LogP contribution in [0.25, 0.3) is 11.2 Å². The number of fused-ring (bicyclic) bond motifs is 2. The van der Waals surface area contributed by atoms with E-state index in [2.05, 4.69) is 15.0 Å². The molecule has 16 nitrogen and oxygen atoms in total. The smallest absolute Gasteiger partial charge is 0.369 e. The van der Waals surface area contributed by atoms with Gasteiger partial charge >= 0.3 is 23.4 Å². The van der Waals surface area contributed by atoms with Crippen molar-refractivity contribution in [3.8, 4) is 0 Å². The van der Waals surface area contributed by atoms with E-state index >= 15 is 0 Å². The van der Waals surface area contributed by atoms with Crippen molar-refractivity contribution in [2.24, 2.45) is 0 Å². The van der Waals surface area contributed by atoms with Gasteiger partial charge < -0.3 is 29.7 Å². The maximum absolute atomic E-state index is 12.0. The Labute approximate surface area is 167 Å². The summed E-state index contributed by atoms with van der Waals surface area (Å²) in [7, 11) is -12.0. The molecule has 2 saturated heterocycles. The topological polar surface area (TPSA) is 238 Å². The summed E-state index contributed by atoms with van der Waals surface area (Å²) < 4.78 is 56.8. The third-order valence-electron chi connectivity index (χ3n) is 4.23. The van der Waals surface area contributed by atoms with Crippen LogP contribution in [0.4, 0.5) is 5.95 Å². The van der Waals surface area contributed by atoms with E-state index in [4.69, 9.17) is 33.8 Å². The highest BCUT2D eigenvalue weighted by molar-refractivity contribution is 7.70. The molecule has 0 aromatic carbocycles. The number of hydrogen-bond acceptors (Lipinski definition) is 11. The largest absolute Gasteiger partial charge is 0.698 e. The second kappa shape index (κ2) is 7.53. The molecule has 6 N–H and O–H groups in total. The van der Waals surface area contributed by atoms with Crippen molar-refractivity contribution in [2.45, 2.75) is 24.5 Å². The highest BCUT2D eigenvalue weighted by Gasteiger charge is 2.61. The number of rotatable bonds is 6. The fourth-order valence-electron chi connectivity index (χ4n) is 3.12. The van der Waals surface area contributed by atoms with Gasteiger partial charge in [-0.25, -0.2) is 4.98 Å². The Morgan fingerprint density at radius 3 is 2.70 bits per heavy atom. The van der Waals surface area contributed by atoms with E-state index in [1.807, 2.05) is 0 Å². The van der Waals surface area contributed by atoms with Crippen molar-refractivity contribution in [3.05, 3.63) is 16.7 Å². The zero-order chi connectivity index (χ0) is 21.8. The zero-order valence-corrected chi connectivity index (χ0v) is 17.4. The Hall–Kier alpha value is -1.57. The van der Waals surface area contributed by atoms with Crippen LogP contribution in [-0.4, -0.2) is 65.0 Å². The van der Waals surface area contributed by atoms with Gasteiger partial charge in [0, 0.05) is 4.57 Å². The summed E-state index contributed by atoms with van der Waals surface area (Å²) >= 11 is 0. The molecule has 2 aliphatic heterocycles. The molecule has 0 spiro atoms.